The number of piperazine rings is 1. The van der Waals surface area contributed by atoms with Gasteiger partial charge >= 0.3 is 0 Å². The second kappa shape index (κ2) is 11.3. The van der Waals surface area contributed by atoms with Crippen LogP contribution in [0.25, 0.3) is 10.9 Å². The highest BCUT2D eigenvalue weighted by molar-refractivity contribution is 7.71. The van der Waals surface area contributed by atoms with Gasteiger partial charge in [0.05, 0.1) is 17.4 Å². The number of rotatable bonds is 8. The average Bonchev–Trinajstić information content (AvgIpc) is 2.85. The molecule has 3 aromatic rings. The first kappa shape index (κ1) is 24.6. The van der Waals surface area contributed by atoms with Crippen LogP contribution in [0.5, 0.6) is 0 Å². The molecule has 1 fully saturated rings. The topological polar surface area (TPSA) is 73.4 Å². The summed E-state index contributed by atoms with van der Waals surface area (Å²) in [6.45, 7) is 9.64. The van der Waals surface area contributed by atoms with E-state index in [2.05, 4.69) is 27.0 Å². The summed E-state index contributed by atoms with van der Waals surface area (Å²) >= 11 is 11.4. The highest BCUT2D eigenvalue weighted by Gasteiger charge is 2.15. The predicted molar refractivity (Wildman–Crippen MR) is 139 cm³/mol. The van der Waals surface area contributed by atoms with Crippen LogP contribution < -0.4 is 10.9 Å². The molecule has 9 heteroatoms. The zero-order chi connectivity index (χ0) is 24.1. The summed E-state index contributed by atoms with van der Waals surface area (Å²) < 4.78 is 1.83. The van der Waals surface area contributed by atoms with Crippen molar-refractivity contribution in [3.63, 3.8) is 0 Å². The number of carbonyl (C=O) groups excluding carboxylic acids is 1. The van der Waals surface area contributed by atoms with E-state index in [1.165, 1.54) is 4.57 Å². The first-order chi connectivity index (χ1) is 16.4. The van der Waals surface area contributed by atoms with Crippen molar-refractivity contribution >= 4 is 40.6 Å². The molecule has 7 nitrogen and oxygen atoms in total. The van der Waals surface area contributed by atoms with E-state index < -0.39 is 0 Å². The molecule has 1 aliphatic rings. The molecular weight excluding hydrogens is 470 g/mol. The maximum absolute atomic E-state index is 13.0. The Morgan fingerprint density at radius 3 is 2.50 bits per heavy atom. The van der Waals surface area contributed by atoms with E-state index in [0.717, 1.165) is 51.3 Å². The molecule has 4 rings (SSSR count). The molecule has 0 spiro atoms. The smallest absolute Gasteiger partial charge is 0.262 e. The largest absolute Gasteiger partial charge is 0.352 e. The van der Waals surface area contributed by atoms with Crippen LogP contribution in [0.1, 0.15) is 29.3 Å². The van der Waals surface area contributed by atoms with Crippen molar-refractivity contribution in [2.45, 2.75) is 19.9 Å². The Hall–Kier alpha value is -2.52. The van der Waals surface area contributed by atoms with Crippen LogP contribution in [-0.2, 0) is 6.54 Å². The Labute approximate surface area is 209 Å². The van der Waals surface area contributed by atoms with Gasteiger partial charge in [0, 0.05) is 43.3 Å². The number of amides is 1. The molecule has 2 aromatic carbocycles. The predicted octanol–water partition coefficient (Wildman–Crippen LogP) is 3.52. The molecule has 1 saturated heterocycles. The minimum Gasteiger partial charge on any atom is -0.352 e. The van der Waals surface area contributed by atoms with Crippen LogP contribution in [0.15, 0.2) is 47.3 Å². The fraction of sp³-hybridized carbons (Fsp3) is 0.400. The third-order valence-corrected chi connectivity index (χ3v) is 6.92. The molecule has 1 aliphatic heterocycles. The number of halogens is 1. The molecular formula is C25H30ClN5O2S. The lowest BCUT2D eigenvalue weighted by molar-refractivity contribution is 0.0948. The standard InChI is InChI=1S/C25H30ClN5O2S/c1-2-29-12-14-30(15-13-29)11-3-10-27-23(32)19-6-9-21-22(16-19)28-25(34)31(24(21)33)17-18-4-7-20(26)8-5-18/h4-9,16H,2-3,10-15,17H2,1H3,(H,27,32)(H,28,34). The van der Waals surface area contributed by atoms with Gasteiger partial charge in [-0.2, -0.15) is 0 Å². The van der Waals surface area contributed by atoms with Crippen LogP contribution >= 0.6 is 23.8 Å². The van der Waals surface area contributed by atoms with Crippen molar-refractivity contribution in [1.29, 1.82) is 0 Å². The molecule has 1 amide bonds. The van der Waals surface area contributed by atoms with Crippen molar-refractivity contribution in [2.24, 2.45) is 0 Å². The zero-order valence-corrected chi connectivity index (χ0v) is 20.9. The number of hydrogen-bond donors (Lipinski definition) is 2. The van der Waals surface area contributed by atoms with Gasteiger partial charge in [0.2, 0.25) is 0 Å². The van der Waals surface area contributed by atoms with E-state index in [9.17, 15) is 9.59 Å². The molecule has 0 atom stereocenters. The Balaban J connectivity index is 1.38. The first-order valence-electron chi connectivity index (χ1n) is 11.7. The molecule has 1 aromatic heterocycles. The number of H-pyrrole nitrogens is 1. The van der Waals surface area contributed by atoms with Gasteiger partial charge in [0.1, 0.15) is 0 Å². The van der Waals surface area contributed by atoms with E-state index in [1.54, 1.807) is 30.3 Å². The lowest BCUT2D eigenvalue weighted by Crippen LogP contribution is -2.46. The number of carbonyl (C=O) groups is 1. The Bertz CT molecular complexity index is 1260. The summed E-state index contributed by atoms with van der Waals surface area (Å²) in [4.78, 5) is 33.7. The van der Waals surface area contributed by atoms with Gasteiger partial charge in [-0.05, 0) is 67.6 Å². The molecule has 180 valence electrons. The van der Waals surface area contributed by atoms with E-state index in [4.69, 9.17) is 23.8 Å². The van der Waals surface area contributed by atoms with E-state index in [0.29, 0.717) is 39.3 Å². The van der Waals surface area contributed by atoms with E-state index >= 15 is 0 Å². The molecule has 34 heavy (non-hydrogen) atoms. The normalized spacial score (nSPS) is 15.0. The van der Waals surface area contributed by atoms with Crippen LogP contribution in [0, 0.1) is 4.77 Å². The molecule has 0 radical (unpaired) electrons. The van der Waals surface area contributed by atoms with Gasteiger partial charge in [-0.1, -0.05) is 30.7 Å². The molecule has 0 aliphatic carbocycles. The number of hydrogen-bond acceptors (Lipinski definition) is 5. The lowest BCUT2D eigenvalue weighted by atomic mass is 10.1. The van der Waals surface area contributed by atoms with Gasteiger partial charge in [0.15, 0.2) is 4.77 Å². The SMILES string of the molecule is CCN1CCN(CCCNC(=O)c2ccc3c(=O)n(Cc4ccc(Cl)cc4)c(=S)[nH]c3c2)CC1. The van der Waals surface area contributed by atoms with Gasteiger partial charge in [-0.25, -0.2) is 0 Å². The van der Waals surface area contributed by atoms with Crippen LogP contribution in [0.4, 0.5) is 0 Å². The highest BCUT2D eigenvalue weighted by Crippen LogP contribution is 2.13. The maximum Gasteiger partial charge on any atom is 0.262 e. The fourth-order valence-electron chi connectivity index (χ4n) is 4.25. The first-order valence-corrected chi connectivity index (χ1v) is 12.5. The monoisotopic (exact) mass is 499 g/mol. The number of aromatic amines is 1. The molecule has 0 bridgehead atoms. The molecule has 0 unspecified atom stereocenters. The van der Waals surface area contributed by atoms with Crippen LogP contribution in [-0.4, -0.2) is 71.1 Å². The number of benzene rings is 2. The van der Waals surface area contributed by atoms with E-state index in [-0.39, 0.29) is 11.5 Å². The Morgan fingerprint density at radius 2 is 1.79 bits per heavy atom. The second-order valence-electron chi connectivity index (χ2n) is 8.59. The minimum atomic E-state index is -0.191. The summed E-state index contributed by atoms with van der Waals surface area (Å²) in [6.07, 6.45) is 0.906. The van der Waals surface area contributed by atoms with Gasteiger partial charge in [0.25, 0.3) is 11.5 Å². The number of nitrogens with one attached hydrogen (secondary N) is 2. The minimum absolute atomic E-state index is 0.151. The average molecular weight is 500 g/mol. The summed E-state index contributed by atoms with van der Waals surface area (Å²) in [7, 11) is 0. The number of fused-ring (bicyclic) bond motifs is 1. The summed E-state index contributed by atoms with van der Waals surface area (Å²) in [6, 6.07) is 12.4. The van der Waals surface area contributed by atoms with E-state index in [1.807, 2.05) is 12.1 Å². The lowest BCUT2D eigenvalue weighted by Gasteiger charge is -2.33. The Morgan fingerprint density at radius 1 is 1.09 bits per heavy atom. The molecule has 0 saturated carbocycles. The van der Waals surface area contributed by atoms with Gasteiger partial charge in [-0.3, -0.25) is 14.2 Å². The number of nitrogens with zero attached hydrogens (tertiary/aromatic N) is 3. The van der Waals surface area contributed by atoms with Crippen LogP contribution in [0.3, 0.4) is 0 Å². The summed E-state index contributed by atoms with van der Waals surface area (Å²) in [5.41, 5.74) is 1.80. The Kier molecular flexibility index (Phi) is 8.15. The second-order valence-corrected chi connectivity index (χ2v) is 9.42. The van der Waals surface area contributed by atoms with Crippen molar-refractivity contribution < 1.29 is 4.79 Å². The van der Waals surface area contributed by atoms with Gasteiger partial charge < -0.3 is 20.1 Å². The zero-order valence-electron chi connectivity index (χ0n) is 19.3. The van der Waals surface area contributed by atoms with Crippen molar-refractivity contribution in [3.8, 4) is 0 Å². The third kappa shape index (κ3) is 5.93. The summed E-state index contributed by atoms with van der Waals surface area (Å²) in [5, 5.41) is 4.12. The number of likely N-dealkylation sites (N-methyl/N-ethyl adjacent to an activating group) is 1. The van der Waals surface area contributed by atoms with Crippen molar-refractivity contribution in [2.75, 3.05) is 45.8 Å². The molecule has 2 heterocycles. The summed E-state index contributed by atoms with van der Waals surface area (Å²) in [5.74, 6) is -0.151. The molecule has 2 N–H and O–H groups in total. The number of aromatic nitrogens is 2. The van der Waals surface area contributed by atoms with Crippen LogP contribution in [0.2, 0.25) is 5.02 Å². The van der Waals surface area contributed by atoms with Crippen molar-refractivity contribution in [1.82, 2.24) is 24.7 Å². The maximum atomic E-state index is 13.0. The van der Waals surface area contributed by atoms with Crippen molar-refractivity contribution in [3.05, 3.63) is 73.7 Å². The third-order valence-electron chi connectivity index (χ3n) is 6.35. The fourth-order valence-corrected chi connectivity index (χ4v) is 4.63. The quantitative estimate of drug-likeness (QED) is 0.366. The van der Waals surface area contributed by atoms with Gasteiger partial charge in [-0.15, -0.1) is 0 Å². The highest BCUT2D eigenvalue weighted by atomic mass is 35.5.